The second kappa shape index (κ2) is 7.26. The molecule has 1 aliphatic heterocycles. The molecule has 2 heterocycles. The second-order valence-corrected chi connectivity index (χ2v) is 7.80. The van der Waals surface area contributed by atoms with Crippen molar-refractivity contribution in [2.24, 2.45) is 0 Å². The van der Waals surface area contributed by atoms with Crippen molar-refractivity contribution < 1.29 is 18.0 Å². The summed E-state index contributed by atoms with van der Waals surface area (Å²) in [6.45, 7) is 2.52. The smallest absolute Gasteiger partial charge is 0.334 e. The zero-order valence-corrected chi connectivity index (χ0v) is 15.9. The zero-order chi connectivity index (χ0) is 19.9. The molecule has 4 nitrogen and oxygen atoms in total. The average Bonchev–Trinajstić information content (AvgIpc) is 3.27. The Labute approximate surface area is 162 Å². The lowest BCUT2D eigenvalue weighted by molar-refractivity contribution is -0.142. The summed E-state index contributed by atoms with van der Waals surface area (Å²) in [5.41, 5.74) is 2.27. The highest BCUT2D eigenvalue weighted by molar-refractivity contribution is 5.77. The second-order valence-electron chi connectivity index (χ2n) is 7.80. The van der Waals surface area contributed by atoms with E-state index in [9.17, 15) is 18.0 Å². The maximum atomic E-state index is 13.4. The molecule has 4 rings (SSSR count). The van der Waals surface area contributed by atoms with Crippen LogP contribution < -0.4 is 0 Å². The van der Waals surface area contributed by atoms with Gasteiger partial charge in [0.2, 0.25) is 5.91 Å². The molecule has 1 amide bonds. The Balaban J connectivity index is 1.59. The van der Waals surface area contributed by atoms with Crippen molar-refractivity contribution in [1.82, 2.24) is 14.7 Å². The maximum absolute atomic E-state index is 13.4. The van der Waals surface area contributed by atoms with Crippen LogP contribution in [0.1, 0.15) is 59.8 Å². The number of halogens is 3. The number of aryl methyl sites for hydroxylation is 1. The summed E-state index contributed by atoms with van der Waals surface area (Å²) in [6, 6.07) is 8.07. The molecule has 1 aromatic carbocycles. The maximum Gasteiger partial charge on any atom is 0.435 e. The van der Waals surface area contributed by atoms with Crippen LogP contribution in [-0.4, -0.2) is 27.1 Å². The van der Waals surface area contributed by atoms with E-state index in [1.54, 1.807) is 4.90 Å². The molecule has 0 radical (unpaired) electrons. The quantitative estimate of drug-likeness (QED) is 0.775. The number of benzene rings is 1. The number of fused-ring (bicyclic) bond motifs is 1. The normalized spacial score (nSPS) is 19.7. The number of hydrogen-bond donors (Lipinski definition) is 0. The molecule has 1 fully saturated rings. The SMILES string of the molecule is Cc1cccc([C@@H]2CCCN2C(=O)Cn2nc(C(F)(F)F)c3c2CCCC3)c1. The van der Waals surface area contributed by atoms with Gasteiger partial charge in [0.05, 0.1) is 6.04 Å². The van der Waals surface area contributed by atoms with Crippen molar-refractivity contribution in [2.75, 3.05) is 6.54 Å². The van der Waals surface area contributed by atoms with Gasteiger partial charge in [-0.25, -0.2) is 0 Å². The van der Waals surface area contributed by atoms with Crippen LogP contribution >= 0.6 is 0 Å². The third-order valence-electron chi connectivity index (χ3n) is 5.81. The number of hydrogen-bond acceptors (Lipinski definition) is 2. The van der Waals surface area contributed by atoms with E-state index >= 15 is 0 Å². The highest BCUT2D eigenvalue weighted by Crippen LogP contribution is 2.36. The molecule has 1 aromatic heterocycles. The largest absolute Gasteiger partial charge is 0.435 e. The van der Waals surface area contributed by atoms with Gasteiger partial charge in [-0.05, 0) is 51.0 Å². The van der Waals surface area contributed by atoms with Crippen molar-refractivity contribution in [2.45, 2.75) is 64.2 Å². The molecule has 28 heavy (non-hydrogen) atoms. The number of aromatic nitrogens is 2. The zero-order valence-electron chi connectivity index (χ0n) is 15.9. The van der Waals surface area contributed by atoms with E-state index in [0.717, 1.165) is 36.8 Å². The first kappa shape index (κ1) is 19.0. The first-order chi connectivity index (χ1) is 13.3. The van der Waals surface area contributed by atoms with Crippen LogP contribution in [0.15, 0.2) is 24.3 Å². The average molecular weight is 391 g/mol. The lowest BCUT2D eigenvalue weighted by Gasteiger charge is -2.26. The van der Waals surface area contributed by atoms with E-state index in [0.29, 0.717) is 25.1 Å². The monoisotopic (exact) mass is 391 g/mol. The summed E-state index contributed by atoms with van der Waals surface area (Å²) in [5, 5.41) is 3.83. The molecule has 150 valence electrons. The van der Waals surface area contributed by atoms with Gasteiger partial charge in [0.15, 0.2) is 5.69 Å². The Hall–Kier alpha value is -2.31. The topological polar surface area (TPSA) is 38.1 Å². The van der Waals surface area contributed by atoms with Crippen LogP contribution in [0, 0.1) is 6.92 Å². The Bertz CT molecular complexity index is 888. The highest BCUT2D eigenvalue weighted by Gasteiger charge is 2.40. The van der Waals surface area contributed by atoms with E-state index in [4.69, 9.17) is 0 Å². The van der Waals surface area contributed by atoms with Gasteiger partial charge in [0, 0.05) is 17.8 Å². The number of rotatable bonds is 3. The van der Waals surface area contributed by atoms with Crippen LogP contribution in [0.4, 0.5) is 13.2 Å². The lowest BCUT2D eigenvalue weighted by Crippen LogP contribution is -2.34. The predicted molar refractivity (Wildman–Crippen MR) is 98.7 cm³/mol. The van der Waals surface area contributed by atoms with Crippen LogP contribution in [0.25, 0.3) is 0 Å². The van der Waals surface area contributed by atoms with Gasteiger partial charge in [0.1, 0.15) is 6.54 Å². The standard InChI is InChI=1S/C21H24F3N3O/c1-14-6-4-7-15(12-14)17-10-5-11-26(17)19(28)13-27-18-9-3-2-8-16(18)20(25-27)21(22,23)24/h4,6-7,12,17H,2-3,5,8-11,13H2,1H3/t17-/m0/s1. The molecule has 2 aliphatic rings. The summed E-state index contributed by atoms with van der Waals surface area (Å²) in [5.74, 6) is -0.159. The van der Waals surface area contributed by atoms with Crippen molar-refractivity contribution >= 4 is 5.91 Å². The first-order valence-corrected chi connectivity index (χ1v) is 9.86. The molecule has 0 spiro atoms. The van der Waals surface area contributed by atoms with Gasteiger partial charge < -0.3 is 4.90 Å². The third kappa shape index (κ3) is 3.54. The van der Waals surface area contributed by atoms with Crippen LogP contribution in [0.3, 0.4) is 0 Å². The number of alkyl halides is 3. The number of nitrogens with zero attached hydrogens (tertiary/aromatic N) is 3. The van der Waals surface area contributed by atoms with Crippen LogP contribution in [-0.2, 0) is 30.4 Å². The summed E-state index contributed by atoms with van der Waals surface area (Å²) in [6.07, 6.45) is -0.207. The lowest BCUT2D eigenvalue weighted by atomic mass is 9.95. The minimum absolute atomic E-state index is 0.0131. The number of amides is 1. The Morgan fingerprint density at radius 2 is 2.00 bits per heavy atom. The fourth-order valence-corrected chi connectivity index (χ4v) is 4.54. The minimum Gasteiger partial charge on any atom is -0.334 e. The molecule has 0 saturated carbocycles. The van der Waals surface area contributed by atoms with Crippen molar-refractivity contribution in [3.05, 3.63) is 52.3 Å². The van der Waals surface area contributed by atoms with E-state index in [1.165, 1.54) is 4.68 Å². The van der Waals surface area contributed by atoms with Gasteiger partial charge in [-0.3, -0.25) is 9.48 Å². The molecular formula is C21H24F3N3O. The number of carbonyl (C=O) groups is 1. The summed E-state index contributed by atoms with van der Waals surface area (Å²) < 4.78 is 41.4. The van der Waals surface area contributed by atoms with Gasteiger partial charge in [-0.15, -0.1) is 0 Å². The number of carbonyl (C=O) groups excluding carboxylic acids is 1. The van der Waals surface area contributed by atoms with Gasteiger partial charge in [-0.2, -0.15) is 18.3 Å². The Morgan fingerprint density at radius 1 is 1.21 bits per heavy atom. The van der Waals surface area contributed by atoms with E-state index in [1.807, 2.05) is 25.1 Å². The fourth-order valence-electron chi connectivity index (χ4n) is 4.54. The van der Waals surface area contributed by atoms with Crippen LogP contribution in [0.2, 0.25) is 0 Å². The highest BCUT2D eigenvalue weighted by atomic mass is 19.4. The molecule has 1 saturated heterocycles. The van der Waals surface area contributed by atoms with Crippen LogP contribution in [0.5, 0.6) is 0 Å². The van der Waals surface area contributed by atoms with Crippen molar-refractivity contribution in [1.29, 1.82) is 0 Å². The Morgan fingerprint density at radius 3 is 2.75 bits per heavy atom. The van der Waals surface area contributed by atoms with Crippen molar-refractivity contribution in [3.63, 3.8) is 0 Å². The minimum atomic E-state index is -4.48. The van der Waals surface area contributed by atoms with Gasteiger partial charge in [-0.1, -0.05) is 29.8 Å². The molecule has 1 aliphatic carbocycles. The van der Waals surface area contributed by atoms with Gasteiger partial charge >= 0.3 is 6.18 Å². The third-order valence-corrected chi connectivity index (χ3v) is 5.81. The number of likely N-dealkylation sites (tertiary alicyclic amines) is 1. The van der Waals surface area contributed by atoms with Gasteiger partial charge in [0.25, 0.3) is 0 Å². The van der Waals surface area contributed by atoms with E-state index in [-0.39, 0.29) is 24.1 Å². The van der Waals surface area contributed by atoms with E-state index < -0.39 is 11.9 Å². The summed E-state index contributed by atoms with van der Waals surface area (Å²) in [4.78, 5) is 14.8. The molecular weight excluding hydrogens is 367 g/mol. The Kier molecular flexibility index (Phi) is 4.93. The van der Waals surface area contributed by atoms with Crippen molar-refractivity contribution in [3.8, 4) is 0 Å². The first-order valence-electron chi connectivity index (χ1n) is 9.86. The molecule has 2 aromatic rings. The fraction of sp³-hybridized carbons (Fsp3) is 0.524. The summed E-state index contributed by atoms with van der Waals surface area (Å²) in [7, 11) is 0. The molecule has 7 heteroatoms. The van der Waals surface area contributed by atoms with E-state index in [2.05, 4.69) is 11.2 Å². The predicted octanol–water partition coefficient (Wildman–Crippen LogP) is 4.45. The molecule has 1 atom stereocenters. The molecule has 0 bridgehead atoms. The summed E-state index contributed by atoms with van der Waals surface area (Å²) >= 11 is 0. The molecule has 0 unspecified atom stereocenters. The molecule has 0 N–H and O–H groups in total.